The van der Waals surface area contributed by atoms with E-state index in [0.717, 1.165) is 0 Å². The number of hydrogen-bond acceptors (Lipinski definition) is 3. The van der Waals surface area contributed by atoms with Gasteiger partial charge in [0, 0.05) is 5.75 Å². The Kier molecular flexibility index (Phi) is 7.41. The minimum Gasteiger partial charge on any atom is -0.480 e. The first kappa shape index (κ1) is 12.7. The standard InChI is InChI=1S/C5H11NO2S.ClH/c1-6(2)4(3-9)5(7)8;/h4,9H,3H2,1-2H3,(H,7,8);1H/t4-;/m0./s1. The highest BCUT2D eigenvalue weighted by molar-refractivity contribution is 7.80. The molecule has 0 saturated heterocycles. The van der Waals surface area contributed by atoms with Gasteiger partial charge in [-0.25, -0.2) is 0 Å². The number of carbonyl (C=O) groups is 1. The lowest BCUT2D eigenvalue weighted by molar-refractivity contribution is -0.141. The summed E-state index contributed by atoms with van der Waals surface area (Å²) in [6, 6.07) is -0.465. The van der Waals surface area contributed by atoms with E-state index in [-0.39, 0.29) is 12.4 Å². The molecule has 0 saturated carbocycles. The van der Waals surface area contributed by atoms with Crippen molar-refractivity contribution in [2.24, 2.45) is 0 Å². The van der Waals surface area contributed by atoms with Crippen LogP contribution in [0, 0.1) is 0 Å². The van der Waals surface area contributed by atoms with Crippen LogP contribution in [0.5, 0.6) is 0 Å². The summed E-state index contributed by atoms with van der Waals surface area (Å²) in [6.07, 6.45) is 0. The average molecular weight is 186 g/mol. The SMILES string of the molecule is CN(C)[C@@H](CS)C(=O)O.Cl. The predicted octanol–water partition coefficient (Wildman–Crippen LogP) is 0.353. The number of carboxylic acids is 1. The van der Waals surface area contributed by atoms with E-state index in [1.807, 2.05) is 0 Å². The Labute approximate surface area is 72.2 Å². The Morgan fingerprint density at radius 2 is 2.10 bits per heavy atom. The van der Waals surface area contributed by atoms with Crippen molar-refractivity contribution in [1.82, 2.24) is 4.90 Å². The first-order valence-corrected chi connectivity index (χ1v) is 3.23. The molecule has 0 amide bonds. The number of hydrogen-bond donors (Lipinski definition) is 2. The predicted molar refractivity (Wildman–Crippen MR) is 46.2 cm³/mol. The monoisotopic (exact) mass is 185 g/mol. The lowest BCUT2D eigenvalue weighted by Crippen LogP contribution is -2.37. The van der Waals surface area contributed by atoms with Crippen LogP contribution >= 0.6 is 25.0 Å². The molecule has 0 unspecified atom stereocenters. The first-order valence-electron chi connectivity index (χ1n) is 2.59. The van der Waals surface area contributed by atoms with E-state index in [4.69, 9.17) is 5.11 Å². The lowest BCUT2D eigenvalue weighted by Gasteiger charge is -2.16. The van der Waals surface area contributed by atoms with Gasteiger partial charge in [0.2, 0.25) is 0 Å². The fourth-order valence-corrected chi connectivity index (χ4v) is 0.945. The molecule has 0 rings (SSSR count). The van der Waals surface area contributed by atoms with Gasteiger partial charge in [-0.2, -0.15) is 12.6 Å². The third kappa shape index (κ3) is 3.98. The highest BCUT2D eigenvalue weighted by Gasteiger charge is 2.16. The van der Waals surface area contributed by atoms with E-state index in [1.54, 1.807) is 19.0 Å². The van der Waals surface area contributed by atoms with Gasteiger partial charge in [-0.15, -0.1) is 12.4 Å². The fraction of sp³-hybridized carbons (Fsp3) is 0.800. The molecule has 5 heteroatoms. The number of thiol groups is 1. The number of rotatable bonds is 3. The van der Waals surface area contributed by atoms with Gasteiger partial charge < -0.3 is 5.11 Å². The van der Waals surface area contributed by atoms with Crippen molar-refractivity contribution < 1.29 is 9.90 Å². The van der Waals surface area contributed by atoms with Crippen molar-refractivity contribution >= 4 is 31.0 Å². The van der Waals surface area contributed by atoms with E-state index in [0.29, 0.717) is 5.75 Å². The molecule has 10 heavy (non-hydrogen) atoms. The van der Waals surface area contributed by atoms with Crippen molar-refractivity contribution in [3.8, 4) is 0 Å². The number of carboxylic acid groups (broad SMARTS) is 1. The van der Waals surface area contributed by atoms with Crippen LogP contribution in [0.3, 0.4) is 0 Å². The van der Waals surface area contributed by atoms with Crippen LogP contribution in [0.1, 0.15) is 0 Å². The van der Waals surface area contributed by atoms with Crippen LogP contribution in [-0.4, -0.2) is 41.9 Å². The molecule has 0 aliphatic heterocycles. The molecule has 1 atom stereocenters. The number of likely N-dealkylation sites (N-methyl/N-ethyl adjacent to an activating group) is 1. The van der Waals surface area contributed by atoms with Crippen molar-refractivity contribution in [1.29, 1.82) is 0 Å². The normalized spacial score (nSPS) is 12.4. The molecular weight excluding hydrogens is 174 g/mol. The average Bonchev–Trinajstić information content (AvgIpc) is 1.64. The summed E-state index contributed by atoms with van der Waals surface area (Å²) in [5, 5.41) is 8.45. The molecule has 0 fully saturated rings. The zero-order valence-electron chi connectivity index (χ0n) is 5.94. The van der Waals surface area contributed by atoms with Crippen molar-refractivity contribution in [2.45, 2.75) is 6.04 Å². The molecule has 0 aliphatic carbocycles. The van der Waals surface area contributed by atoms with E-state index in [1.165, 1.54) is 0 Å². The minimum atomic E-state index is -0.824. The molecular formula is C5H12ClNO2S. The summed E-state index contributed by atoms with van der Waals surface area (Å²) >= 11 is 3.87. The summed E-state index contributed by atoms with van der Waals surface area (Å²) in [4.78, 5) is 11.9. The third-order valence-electron chi connectivity index (χ3n) is 1.08. The minimum absolute atomic E-state index is 0. The molecule has 0 aromatic rings. The van der Waals surface area contributed by atoms with Gasteiger partial charge in [-0.1, -0.05) is 0 Å². The number of halogens is 1. The molecule has 0 radical (unpaired) electrons. The quantitative estimate of drug-likeness (QED) is 0.624. The Morgan fingerprint density at radius 3 is 2.10 bits per heavy atom. The van der Waals surface area contributed by atoms with Crippen LogP contribution in [0.25, 0.3) is 0 Å². The smallest absolute Gasteiger partial charge is 0.321 e. The maximum atomic E-state index is 10.3. The number of aliphatic carboxylic acids is 1. The summed E-state index contributed by atoms with van der Waals surface area (Å²) < 4.78 is 0. The van der Waals surface area contributed by atoms with Crippen LogP contribution < -0.4 is 0 Å². The summed E-state index contributed by atoms with van der Waals surface area (Å²) in [7, 11) is 3.43. The second-order valence-corrected chi connectivity index (χ2v) is 2.37. The maximum Gasteiger partial charge on any atom is 0.321 e. The molecule has 0 heterocycles. The van der Waals surface area contributed by atoms with E-state index < -0.39 is 12.0 Å². The highest BCUT2D eigenvalue weighted by atomic mass is 35.5. The van der Waals surface area contributed by atoms with Crippen molar-refractivity contribution in [3.63, 3.8) is 0 Å². The molecule has 0 aliphatic rings. The van der Waals surface area contributed by atoms with Gasteiger partial charge in [0.1, 0.15) is 6.04 Å². The zero-order chi connectivity index (χ0) is 7.44. The summed E-state index contributed by atoms with van der Waals surface area (Å²) in [5.74, 6) is -0.475. The third-order valence-corrected chi connectivity index (χ3v) is 1.43. The maximum absolute atomic E-state index is 10.3. The van der Waals surface area contributed by atoms with Gasteiger partial charge >= 0.3 is 5.97 Å². The van der Waals surface area contributed by atoms with Crippen LogP contribution in [0.2, 0.25) is 0 Å². The Balaban J connectivity index is 0. The van der Waals surface area contributed by atoms with Crippen LogP contribution in [0.4, 0.5) is 0 Å². The highest BCUT2D eigenvalue weighted by Crippen LogP contribution is 1.94. The van der Waals surface area contributed by atoms with E-state index in [2.05, 4.69) is 12.6 Å². The van der Waals surface area contributed by atoms with Gasteiger partial charge in [-0.3, -0.25) is 9.69 Å². The van der Waals surface area contributed by atoms with E-state index >= 15 is 0 Å². The second-order valence-electron chi connectivity index (χ2n) is 2.00. The van der Waals surface area contributed by atoms with Gasteiger partial charge in [-0.05, 0) is 14.1 Å². The fourth-order valence-electron chi connectivity index (χ4n) is 0.462. The first-order chi connectivity index (χ1) is 4.09. The zero-order valence-corrected chi connectivity index (χ0v) is 7.65. The van der Waals surface area contributed by atoms with Gasteiger partial charge in [0.05, 0.1) is 0 Å². The summed E-state index contributed by atoms with van der Waals surface area (Å²) in [5.41, 5.74) is 0. The van der Waals surface area contributed by atoms with Crippen molar-refractivity contribution in [3.05, 3.63) is 0 Å². The molecule has 0 spiro atoms. The molecule has 0 bridgehead atoms. The molecule has 0 aromatic carbocycles. The molecule has 62 valence electrons. The second kappa shape index (κ2) is 5.82. The Morgan fingerprint density at radius 1 is 1.70 bits per heavy atom. The Hall–Kier alpha value is 0.0700. The van der Waals surface area contributed by atoms with Gasteiger partial charge in [0.15, 0.2) is 0 Å². The van der Waals surface area contributed by atoms with Crippen molar-refractivity contribution in [2.75, 3.05) is 19.8 Å². The van der Waals surface area contributed by atoms with Crippen LogP contribution in [0.15, 0.2) is 0 Å². The molecule has 1 N–H and O–H groups in total. The van der Waals surface area contributed by atoms with E-state index in [9.17, 15) is 4.79 Å². The molecule has 0 aromatic heterocycles. The Bertz CT molecular complexity index is 110. The summed E-state index contributed by atoms with van der Waals surface area (Å²) in [6.45, 7) is 0. The van der Waals surface area contributed by atoms with Crippen LogP contribution in [-0.2, 0) is 4.79 Å². The largest absolute Gasteiger partial charge is 0.480 e. The topological polar surface area (TPSA) is 40.5 Å². The number of nitrogens with zero attached hydrogens (tertiary/aromatic N) is 1. The molecule has 3 nitrogen and oxygen atoms in total. The lowest BCUT2D eigenvalue weighted by atomic mass is 10.3. The van der Waals surface area contributed by atoms with Gasteiger partial charge in [0.25, 0.3) is 0 Å².